The van der Waals surface area contributed by atoms with Gasteiger partial charge in [0, 0.05) is 17.7 Å². The first-order valence-electron chi connectivity index (χ1n) is 8.33. The van der Waals surface area contributed by atoms with E-state index in [0.717, 1.165) is 6.08 Å². The lowest BCUT2D eigenvalue weighted by molar-refractivity contribution is -0.143. The number of urea groups is 1. The first kappa shape index (κ1) is 22.9. The van der Waals surface area contributed by atoms with Gasteiger partial charge in [0.1, 0.15) is 0 Å². The van der Waals surface area contributed by atoms with Crippen LogP contribution in [0, 0.1) is 0 Å². The SMILES string of the molecule is CC[C@@H](C)NC(=O)NC(=O)COC(=O)/C=C/c1cccc(OC)c1OC(F)F. The summed E-state index contributed by atoms with van der Waals surface area (Å²) in [5, 5.41) is 4.52. The predicted octanol–water partition coefficient (Wildman–Crippen LogP) is 2.48. The Balaban J connectivity index is 2.63. The summed E-state index contributed by atoms with van der Waals surface area (Å²) in [6, 6.07) is 3.55. The second kappa shape index (κ2) is 11.5. The fourth-order valence-electron chi connectivity index (χ4n) is 1.91. The molecule has 0 aliphatic rings. The van der Waals surface area contributed by atoms with Crippen LogP contribution in [0.1, 0.15) is 25.8 Å². The minimum Gasteiger partial charge on any atom is -0.493 e. The first-order valence-corrected chi connectivity index (χ1v) is 8.33. The van der Waals surface area contributed by atoms with Crippen molar-refractivity contribution >= 4 is 24.0 Å². The molecule has 0 aromatic heterocycles. The molecule has 2 N–H and O–H groups in total. The molecular weight excluding hydrogens is 378 g/mol. The molecule has 0 spiro atoms. The number of rotatable bonds is 9. The Morgan fingerprint density at radius 2 is 1.96 bits per heavy atom. The zero-order chi connectivity index (χ0) is 21.1. The molecule has 0 fully saturated rings. The maximum absolute atomic E-state index is 12.6. The zero-order valence-corrected chi connectivity index (χ0v) is 15.7. The van der Waals surface area contributed by atoms with Crippen molar-refractivity contribution in [1.29, 1.82) is 0 Å². The number of para-hydroxylation sites is 1. The third-order valence-corrected chi connectivity index (χ3v) is 3.42. The number of imide groups is 1. The summed E-state index contributed by atoms with van der Waals surface area (Å²) in [5.74, 6) is -1.92. The van der Waals surface area contributed by atoms with E-state index in [4.69, 9.17) is 9.47 Å². The number of halogens is 2. The van der Waals surface area contributed by atoms with Crippen LogP contribution in [0.25, 0.3) is 6.08 Å². The average molecular weight is 400 g/mol. The maximum atomic E-state index is 12.6. The molecule has 10 heteroatoms. The van der Waals surface area contributed by atoms with Gasteiger partial charge in [-0.2, -0.15) is 8.78 Å². The van der Waals surface area contributed by atoms with Crippen molar-refractivity contribution in [3.8, 4) is 11.5 Å². The predicted molar refractivity (Wildman–Crippen MR) is 96.0 cm³/mol. The number of esters is 1. The van der Waals surface area contributed by atoms with Crippen molar-refractivity contribution in [2.75, 3.05) is 13.7 Å². The summed E-state index contributed by atoms with van der Waals surface area (Å²) in [6.45, 7) is -0.142. The number of methoxy groups -OCH3 is 1. The van der Waals surface area contributed by atoms with Crippen molar-refractivity contribution in [2.45, 2.75) is 32.9 Å². The van der Waals surface area contributed by atoms with E-state index in [1.807, 2.05) is 12.2 Å². The summed E-state index contributed by atoms with van der Waals surface area (Å²) in [6.07, 6.45) is 2.79. The van der Waals surface area contributed by atoms with Gasteiger partial charge in [0.2, 0.25) is 0 Å². The van der Waals surface area contributed by atoms with Gasteiger partial charge in [0.25, 0.3) is 5.91 Å². The van der Waals surface area contributed by atoms with Gasteiger partial charge in [-0.05, 0) is 25.5 Å². The monoisotopic (exact) mass is 400 g/mol. The second-order valence-corrected chi connectivity index (χ2v) is 5.53. The number of benzene rings is 1. The molecule has 1 rings (SSSR count). The standard InChI is InChI=1S/C18H22F2N2O6/c1-4-11(2)21-18(25)22-14(23)10-27-15(24)9-8-12-6-5-7-13(26-3)16(12)28-17(19)20/h5-9,11,17H,4,10H2,1-3H3,(H2,21,22,23,25)/b9-8+/t11-/m1/s1. The highest BCUT2D eigenvalue weighted by molar-refractivity contribution is 5.96. The van der Waals surface area contributed by atoms with Crippen LogP contribution in [0.15, 0.2) is 24.3 Å². The minimum absolute atomic E-state index is 0.0579. The number of carbonyl (C=O) groups excluding carboxylic acids is 3. The maximum Gasteiger partial charge on any atom is 0.387 e. The summed E-state index contributed by atoms with van der Waals surface area (Å²) >= 11 is 0. The Morgan fingerprint density at radius 1 is 1.25 bits per heavy atom. The zero-order valence-electron chi connectivity index (χ0n) is 15.7. The molecule has 0 saturated heterocycles. The van der Waals surface area contributed by atoms with Gasteiger partial charge in [0.15, 0.2) is 18.1 Å². The summed E-state index contributed by atoms with van der Waals surface area (Å²) in [7, 11) is 1.28. The van der Waals surface area contributed by atoms with Crippen molar-refractivity contribution in [1.82, 2.24) is 10.6 Å². The molecule has 154 valence electrons. The largest absolute Gasteiger partial charge is 0.493 e. The molecule has 0 aliphatic carbocycles. The number of hydrogen-bond donors (Lipinski definition) is 2. The van der Waals surface area contributed by atoms with E-state index in [1.54, 1.807) is 6.92 Å². The third kappa shape index (κ3) is 8.02. The van der Waals surface area contributed by atoms with E-state index < -0.39 is 31.1 Å². The highest BCUT2D eigenvalue weighted by Gasteiger charge is 2.15. The second-order valence-electron chi connectivity index (χ2n) is 5.53. The van der Waals surface area contributed by atoms with E-state index in [1.165, 1.54) is 31.4 Å². The fraction of sp³-hybridized carbons (Fsp3) is 0.389. The molecule has 0 heterocycles. The van der Waals surface area contributed by atoms with Gasteiger partial charge in [-0.3, -0.25) is 10.1 Å². The lowest BCUT2D eigenvalue weighted by Gasteiger charge is -2.12. The van der Waals surface area contributed by atoms with Crippen LogP contribution in [-0.4, -0.2) is 44.3 Å². The Kier molecular flexibility index (Phi) is 9.41. The molecular formula is C18H22F2N2O6. The topological polar surface area (TPSA) is 103 Å². The summed E-state index contributed by atoms with van der Waals surface area (Å²) < 4.78 is 39.2. The average Bonchev–Trinajstić information content (AvgIpc) is 2.64. The van der Waals surface area contributed by atoms with Crippen LogP contribution >= 0.6 is 0 Å². The highest BCUT2D eigenvalue weighted by atomic mass is 19.3. The summed E-state index contributed by atoms with van der Waals surface area (Å²) in [5.41, 5.74) is 0.147. The molecule has 1 aromatic rings. The molecule has 28 heavy (non-hydrogen) atoms. The normalized spacial score (nSPS) is 11.8. The van der Waals surface area contributed by atoms with E-state index in [-0.39, 0.29) is 23.1 Å². The van der Waals surface area contributed by atoms with E-state index in [9.17, 15) is 23.2 Å². The van der Waals surface area contributed by atoms with Gasteiger partial charge in [0.05, 0.1) is 7.11 Å². The number of amides is 3. The van der Waals surface area contributed by atoms with Crippen LogP contribution < -0.4 is 20.1 Å². The molecule has 1 aromatic carbocycles. The van der Waals surface area contributed by atoms with Gasteiger partial charge in [-0.15, -0.1) is 0 Å². The smallest absolute Gasteiger partial charge is 0.387 e. The molecule has 0 bridgehead atoms. The van der Waals surface area contributed by atoms with E-state index >= 15 is 0 Å². The van der Waals surface area contributed by atoms with Crippen LogP contribution in [-0.2, 0) is 14.3 Å². The first-order chi connectivity index (χ1) is 13.3. The Morgan fingerprint density at radius 3 is 2.57 bits per heavy atom. The van der Waals surface area contributed by atoms with E-state index in [2.05, 4.69) is 10.1 Å². The Labute approximate surface area is 160 Å². The Bertz CT molecular complexity index is 724. The van der Waals surface area contributed by atoms with Gasteiger partial charge >= 0.3 is 18.6 Å². The molecule has 0 aliphatic heterocycles. The number of alkyl halides is 2. The quantitative estimate of drug-likeness (QED) is 0.488. The molecule has 1 atom stereocenters. The summed E-state index contributed by atoms with van der Waals surface area (Å²) in [4.78, 5) is 34.8. The van der Waals surface area contributed by atoms with Crippen LogP contribution in [0.2, 0.25) is 0 Å². The third-order valence-electron chi connectivity index (χ3n) is 3.42. The number of nitrogens with one attached hydrogen (secondary N) is 2. The van der Waals surface area contributed by atoms with Crippen molar-refractivity contribution in [3.63, 3.8) is 0 Å². The molecule has 0 radical (unpaired) electrons. The minimum atomic E-state index is -3.08. The number of ether oxygens (including phenoxy) is 3. The lowest BCUT2D eigenvalue weighted by Crippen LogP contribution is -2.44. The molecule has 8 nitrogen and oxygen atoms in total. The van der Waals surface area contributed by atoms with Crippen LogP contribution in [0.4, 0.5) is 13.6 Å². The number of carbonyl (C=O) groups is 3. The van der Waals surface area contributed by atoms with Crippen molar-refractivity contribution in [3.05, 3.63) is 29.8 Å². The van der Waals surface area contributed by atoms with E-state index in [0.29, 0.717) is 6.42 Å². The van der Waals surface area contributed by atoms with Gasteiger partial charge in [-0.1, -0.05) is 19.1 Å². The molecule has 0 unspecified atom stereocenters. The highest BCUT2D eigenvalue weighted by Crippen LogP contribution is 2.33. The number of hydrogen-bond acceptors (Lipinski definition) is 6. The fourth-order valence-corrected chi connectivity index (χ4v) is 1.91. The van der Waals surface area contributed by atoms with Crippen molar-refractivity contribution in [2.24, 2.45) is 0 Å². The van der Waals surface area contributed by atoms with Crippen LogP contribution in [0.3, 0.4) is 0 Å². The van der Waals surface area contributed by atoms with Crippen LogP contribution in [0.5, 0.6) is 11.5 Å². The Hall–Kier alpha value is -3.17. The molecule has 0 saturated carbocycles. The van der Waals surface area contributed by atoms with Gasteiger partial charge in [-0.25, -0.2) is 9.59 Å². The lowest BCUT2D eigenvalue weighted by atomic mass is 10.1. The van der Waals surface area contributed by atoms with Gasteiger partial charge < -0.3 is 19.5 Å². The molecule has 3 amide bonds. The van der Waals surface area contributed by atoms with Crippen molar-refractivity contribution < 1.29 is 37.4 Å².